The van der Waals surface area contributed by atoms with Gasteiger partial charge in [0, 0.05) is 37.4 Å². The van der Waals surface area contributed by atoms with Gasteiger partial charge in [0.2, 0.25) is 18.1 Å². The Morgan fingerprint density at radius 1 is 0.806 bits per heavy atom. The Kier molecular flexibility index (Phi) is 9.39. The Bertz CT molecular complexity index is 1200. The highest BCUT2D eigenvalue weighted by Crippen LogP contribution is 2.27. The van der Waals surface area contributed by atoms with Gasteiger partial charge in [-0.3, -0.25) is 19.2 Å². The fourth-order valence-electron chi connectivity index (χ4n) is 3.17. The molecule has 0 fully saturated rings. The van der Waals surface area contributed by atoms with Crippen molar-refractivity contribution in [1.82, 2.24) is 4.57 Å². The van der Waals surface area contributed by atoms with Gasteiger partial charge in [-0.15, -0.1) is 0 Å². The molecule has 0 unspecified atom stereocenters. The first kappa shape index (κ1) is 27.7. The molecule has 2 aromatic carbocycles. The van der Waals surface area contributed by atoms with Crippen molar-refractivity contribution < 1.29 is 46.4 Å². The summed E-state index contributed by atoms with van der Waals surface area (Å²) >= 11 is 0. The summed E-state index contributed by atoms with van der Waals surface area (Å²) in [6.07, 6.45) is 4.82. The normalized spacial score (nSPS) is 10.1. The molecule has 3 aromatic rings. The van der Waals surface area contributed by atoms with E-state index in [4.69, 9.17) is 0 Å². The number of nitrogens with one attached hydrogen (secondary N) is 4. The van der Waals surface area contributed by atoms with E-state index >= 15 is 0 Å². The van der Waals surface area contributed by atoms with Crippen LogP contribution < -0.4 is 38.2 Å². The van der Waals surface area contributed by atoms with E-state index in [0.29, 0.717) is 11.4 Å². The molecule has 36 heavy (non-hydrogen) atoms. The van der Waals surface area contributed by atoms with Crippen LogP contribution in [0.4, 0.5) is 22.7 Å². The third-order valence-electron chi connectivity index (χ3n) is 4.58. The standard InChI is InChI=1S/C23H24N6O6.ClH/c1-14(30)24-18-5-3-16(9-20(18)32)26-22(34)11-28-7-8-29(13-28)12-23(35)27-17-4-6-19(21(33)10-17)25-15(2)31;/h3-10,13H,11-12H2,1-2H3,(H5-,24,25,26,27,30,31,32,33,34,35);1H. The maximum Gasteiger partial charge on any atom is 0.266 e. The van der Waals surface area contributed by atoms with Gasteiger partial charge in [-0.25, -0.2) is 9.13 Å². The van der Waals surface area contributed by atoms with Gasteiger partial charge in [-0.2, -0.15) is 0 Å². The highest BCUT2D eigenvalue weighted by Gasteiger charge is 2.14. The third-order valence-corrected chi connectivity index (χ3v) is 4.58. The Labute approximate surface area is 212 Å². The van der Waals surface area contributed by atoms with Crippen molar-refractivity contribution in [3.05, 3.63) is 55.1 Å². The van der Waals surface area contributed by atoms with Gasteiger partial charge in [0.15, 0.2) is 13.1 Å². The van der Waals surface area contributed by atoms with Crippen LogP contribution >= 0.6 is 0 Å². The molecule has 12 nitrogen and oxygen atoms in total. The van der Waals surface area contributed by atoms with Crippen LogP contribution in [0.5, 0.6) is 11.5 Å². The third kappa shape index (κ3) is 8.02. The van der Waals surface area contributed by atoms with Gasteiger partial charge in [-0.1, -0.05) is 0 Å². The Morgan fingerprint density at radius 3 is 1.78 bits per heavy atom. The second-order valence-electron chi connectivity index (χ2n) is 7.68. The van der Waals surface area contributed by atoms with Crippen LogP contribution in [0.25, 0.3) is 0 Å². The van der Waals surface area contributed by atoms with Crippen LogP contribution in [-0.2, 0) is 32.3 Å². The van der Waals surface area contributed by atoms with E-state index in [2.05, 4.69) is 21.3 Å². The van der Waals surface area contributed by atoms with E-state index in [1.165, 1.54) is 38.1 Å². The second-order valence-corrected chi connectivity index (χ2v) is 7.68. The quantitative estimate of drug-likeness (QED) is 0.156. The molecule has 1 heterocycles. The fraction of sp³-hybridized carbons (Fsp3) is 0.174. The molecule has 0 bridgehead atoms. The summed E-state index contributed by atoms with van der Waals surface area (Å²) < 4.78 is 3.14. The molecule has 0 saturated heterocycles. The molecule has 190 valence electrons. The van der Waals surface area contributed by atoms with Gasteiger partial charge in [0.1, 0.15) is 23.9 Å². The van der Waals surface area contributed by atoms with Crippen molar-refractivity contribution in [2.45, 2.75) is 26.9 Å². The van der Waals surface area contributed by atoms with Gasteiger partial charge >= 0.3 is 0 Å². The molecule has 0 spiro atoms. The van der Waals surface area contributed by atoms with Gasteiger partial charge in [-0.05, 0) is 24.3 Å². The van der Waals surface area contributed by atoms with Crippen LogP contribution in [0, 0.1) is 0 Å². The minimum atomic E-state index is -0.362. The SMILES string of the molecule is CC(=O)Nc1ccc(NC(=O)Cn2cc[n+](CC(=O)Nc3ccc(NC(C)=O)c(O)c3)c2)cc1O.[Cl-]. The van der Waals surface area contributed by atoms with Crippen LogP contribution in [-0.4, -0.2) is 38.4 Å². The zero-order valence-corrected chi connectivity index (χ0v) is 20.2. The minimum absolute atomic E-state index is 0. The van der Waals surface area contributed by atoms with E-state index in [1.54, 1.807) is 40.0 Å². The molecular weight excluding hydrogens is 492 g/mol. The fourth-order valence-corrected chi connectivity index (χ4v) is 3.17. The van der Waals surface area contributed by atoms with Gasteiger partial charge < -0.3 is 43.9 Å². The first-order valence-electron chi connectivity index (χ1n) is 10.4. The Morgan fingerprint density at radius 2 is 1.31 bits per heavy atom. The summed E-state index contributed by atoms with van der Waals surface area (Å²) in [5.41, 5.74) is 1.18. The Balaban J connectivity index is 0.00000456. The molecule has 0 aliphatic heterocycles. The van der Waals surface area contributed by atoms with Gasteiger partial charge in [0.05, 0.1) is 11.4 Å². The predicted octanol–water partition coefficient (Wildman–Crippen LogP) is -1.61. The molecule has 0 radical (unpaired) electrons. The van der Waals surface area contributed by atoms with E-state index in [-0.39, 0.29) is 72.0 Å². The molecule has 3 rings (SSSR count). The number of carbonyl (C=O) groups is 4. The number of phenolic OH excluding ortho intramolecular Hbond substituents is 2. The Hall–Kier alpha value is -4.58. The smallest absolute Gasteiger partial charge is 0.266 e. The number of aromatic nitrogens is 2. The molecule has 0 atom stereocenters. The number of phenols is 2. The number of imidazole rings is 1. The number of carbonyl (C=O) groups excluding carboxylic acids is 4. The van der Waals surface area contributed by atoms with Crippen LogP contribution in [0.3, 0.4) is 0 Å². The van der Waals surface area contributed by atoms with Crippen molar-refractivity contribution in [1.29, 1.82) is 0 Å². The molecular formula is C23H25ClN6O6. The number of hydrogen-bond donors (Lipinski definition) is 6. The summed E-state index contributed by atoms with van der Waals surface area (Å²) in [6.45, 7) is 2.56. The van der Waals surface area contributed by atoms with Crippen LogP contribution in [0.2, 0.25) is 0 Å². The lowest BCUT2D eigenvalue weighted by molar-refractivity contribution is -0.683. The topological polar surface area (TPSA) is 166 Å². The van der Waals surface area contributed by atoms with Crippen molar-refractivity contribution >= 4 is 46.4 Å². The van der Waals surface area contributed by atoms with Crippen molar-refractivity contribution in [2.24, 2.45) is 0 Å². The number of hydrogen-bond acceptors (Lipinski definition) is 6. The second kappa shape index (κ2) is 12.2. The monoisotopic (exact) mass is 516 g/mol. The largest absolute Gasteiger partial charge is 1.00 e. The highest BCUT2D eigenvalue weighted by atomic mass is 35.5. The summed E-state index contributed by atoms with van der Waals surface area (Å²) in [5.74, 6) is -1.74. The lowest BCUT2D eigenvalue weighted by atomic mass is 10.2. The number of anilines is 4. The van der Waals surface area contributed by atoms with E-state index in [9.17, 15) is 29.4 Å². The van der Waals surface area contributed by atoms with E-state index in [1.807, 2.05) is 0 Å². The zero-order chi connectivity index (χ0) is 25.5. The maximum absolute atomic E-state index is 12.3. The zero-order valence-electron chi connectivity index (χ0n) is 19.4. The van der Waals surface area contributed by atoms with Crippen LogP contribution in [0.1, 0.15) is 13.8 Å². The van der Waals surface area contributed by atoms with Crippen molar-refractivity contribution in [2.75, 3.05) is 21.3 Å². The van der Waals surface area contributed by atoms with E-state index < -0.39 is 0 Å². The number of benzene rings is 2. The predicted molar refractivity (Wildman–Crippen MR) is 127 cm³/mol. The molecule has 1 aromatic heterocycles. The number of halogens is 1. The first-order chi connectivity index (χ1) is 16.6. The summed E-state index contributed by atoms with van der Waals surface area (Å²) in [6, 6.07) is 8.68. The molecule has 6 N–H and O–H groups in total. The molecule has 4 amide bonds. The van der Waals surface area contributed by atoms with Crippen LogP contribution in [0.15, 0.2) is 55.1 Å². The number of amides is 4. The summed E-state index contributed by atoms with van der Waals surface area (Å²) in [7, 11) is 0. The van der Waals surface area contributed by atoms with Gasteiger partial charge in [0.25, 0.3) is 11.8 Å². The average Bonchev–Trinajstić information content (AvgIpc) is 3.17. The molecule has 0 saturated carbocycles. The van der Waals surface area contributed by atoms with E-state index in [0.717, 1.165) is 0 Å². The number of rotatable bonds is 8. The number of aromatic hydroxyl groups is 2. The lowest BCUT2D eigenvalue weighted by Gasteiger charge is -2.08. The maximum atomic E-state index is 12.3. The summed E-state index contributed by atoms with van der Waals surface area (Å²) in [4.78, 5) is 46.9. The highest BCUT2D eigenvalue weighted by molar-refractivity contribution is 5.94. The molecule has 13 heteroatoms. The number of nitrogens with zero attached hydrogens (tertiary/aromatic N) is 2. The first-order valence-corrected chi connectivity index (χ1v) is 10.4. The van der Waals surface area contributed by atoms with Crippen molar-refractivity contribution in [3.63, 3.8) is 0 Å². The van der Waals surface area contributed by atoms with Crippen molar-refractivity contribution in [3.8, 4) is 11.5 Å². The summed E-state index contributed by atoms with van der Waals surface area (Å²) in [5, 5.41) is 30.1. The average molecular weight is 517 g/mol. The lowest BCUT2D eigenvalue weighted by Crippen LogP contribution is -3.00. The molecule has 0 aliphatic carbocycles. The molecule has 0 aliphatic rings. The minimum Gasteiger partial charge on any atom is -1.00 e.